The van der Waals surface area contributed by atoms with Gasteiger partial charge in [-0.15, -0.1) is 0 Å². The predicted octanol–water partition coefficient (Wildman–Crippen LogP) is 0.377. The van der Waals surface area contributed by atoms with Crippen LogP contribution in [0.3, 0.4) is 0 Å². The lowest BCUT2D eigenvalue weighted by molar-refractivity contribution is -0.121. The van der Waals surface area contributed by atoms with E-state index in [1.54, 1.807) is 11.7 Å². The maximum atomic E-state index is 12.4. The highest BCUT2D eigenvalue weighted by atomic mass is 16.2. The zero-order chi connectivity index (χ0) is 21.1. The van der Waals surface area contributed by atoms with E-state index in [0.29, 0.717) is 17.6 Å². The lowest BCUT2D eigenvalue weighted by atomic mass is 10.2. The van der Waals surface area contributed by atoms with Gasteiger partial charge < -0.3 is 10.2 Å². The monoisotopic (exact) mass is 409 g/mol. The highest BCUT2D eigenvalue weighted by Gasteiger charge is 2.17. The van der Waals surface area contributed by atoms with E-state index in [0.717, 1.165) is 32.7 Å². The minimum atomic E-state index is -0.254. The van der Waals surface area contributed by atoms with Gasteiger partial charge in [0.15, 0.2) is 5.65 Å². The van der Waals surface area contributed by atoms with Crippen LogP contribution in [0.15, 0.2) is 41.6 Å². The Labute approximate surface area is 174 Å². The van der Waals surface area contributed by atoms with Gasteiger partial charge in [-0.25, -0.2) is 4.98 Å². The summed E-state index contributed by atoms with van der Waals surface area (Å²) in [5.41, 5.74) is 2.80. The zero-order valence-corrected chi connectivity index (χ0v) is 17.4. The van der Waals surface area contributed by atoms with Crippen LogP contribution in [0.4, 0.5) is 5.69 Å². The molecule has 1 fully saturated rings. The zero-order valence-electron chi connectivity index (χ0n) is 17.4. The molecule has 30 heavy (non-hydrogen) atoms. The van der Waals surface area contributed by atoms with Gasteiger partial charge in [-0.2, -0.15) is 5.10 Å². The van der Waals surface area contributed by atoms with Crippen LogP contribution in [0, 0.1) is 6.92 Å². The number of carbonyl (C=O) groups excluding carboxylic acids is 1. The van der Waals surface area contributed by atoms with Gasteiger partial charge in [0.05, 0.1) is 6.20 Å². The molecule has 0 unspecified atom stereocenters. The molecule has 158 valence electrons. The Morgan fingerprint density at radius 2 is 2.00 bits per heavy atom. The summed E-state index contributed by atoms with van der Waals surface area (Å²) in [6, 6.07) is 8.58. The average molecular weight is 409 g/mol. The molecular weight excluding hydrogens is 382 g/mol. The molecule has 1 aromatic carbocycles. The van der Waals surface area contributed by atoms with E-state index in [9.17, 15) is 9.59 Å². The van der Waals surface area contributed by atoms with Crippen LogP contribution in [-0.2, 0) is 18.4 Å². The van der Waals surface area contributed by atoms with Crippen molar-refractivity contribution < 1.29 is 4.79 Å². The van der Waals surface area contributed by atoms with Crippen molar-refractivity contribution in [1.29, 1.82) is 0 Å². The van der Waals surface area contributed by atoms with Crippen LogP contribution < -0.4 is 15.8 Å². The number of amides is 1. The first kappa shape index (κ1) is 20.1. The number of aromatic nitrogens is 4. The molecule has 1 aliphatic rings. The first-order valence-corrected chi connectivity index (χ1v) is 10.2. The van der Waals surface area contributed by atoms with Gasteiger partial charge in [-0.1, -0.05) is 12.1 Å². The minimum absolute atomic E-state index is 0.0438. The number of fused-ring (bicyclic) bond motifs is 1. The van der Waals surface area contributed by atoms with Gasteiger partial charge >= 0.3 is 0 Å². The molecule has 0 spiro atoms. The fourth-order valence-electron chi connectivity index (χ4n) is 3.80. The van der Waals surface area contributed by atoms with Crippen molar-refractivity contribution in [2.45, 2.75) is 13.5 Å². The maximum absolute atomic E-state index is 12.4. The largest absolute Gasteiger partial charge is 0.369 e. The Morgan fingerprint density at radius 3 is 2.77 bits per heavy atom. The van der Waals surface area contributed by atoms with Crippen LogP contribution in [0.2, 0.25) is 0 Å². The summed E-state index contributed by atoms with van der Waals surface area (Å²) in [4.78, 5) is 33.7. The quantitative estimate of drug-likeness (QED) is 0.633. The van der Waals surface area contributed by atoms with Gasteiger partial charge in [-0.05, 0) is 24.6 Å². The van der Waals surface area contributed by atoms with Crippen molar-refractivity contribution in [2.24, 2.45) is 7.05 Å². The summed E-state index contributed by atoms with van der Waals surface area (Å²) >= 11 is 0. The van der Waals surface area contributed by atoms with E-state index in [1.165, 1.54) is 28.3 Å². The fourth-order valence-corrected chi connectivity index (χ4v) is 3.80. The SMILES string of the molecule is Cc1cccc(N2CCN(CCNC(=O)Cn3cnc4c(cnn4C)c3=O)CC2)c1. The first-order valence-electron chi connectivity index (χ1n) is 10.2. The molecule has 4 rings (SSSR count). The van der Waals surface area contributed by atoms with Crippen molar-refractivity contribution in [3.63, 3.8) is 0 Å². The first-order chi connectivity index (χ1) is 14.5. The fraction of sp³-hybridized carbons (Fsp3) is 0.429. The smallest absolute Gasteiger partial charge is 0.264 e. The van der Waals surface area contributed by atoms with Gasteiger partial charge in [0.1, 0.15) is 18.3 Å². The number of rotatable bonds is 6. The highest BCUT2D eigenvalue weighted by Crippen LogP contribution is 2.17. The molecule has 1 aliphatic heterocycles. The van der Waals surface area contributed by atoms with Crippen LogP contribution in [0.1, 0.15) is 5.56 Å². The van der Waals surface area contributed by atoms with Crippen molar-refractivity contribution in [3.8, 4) is 0 Å². The second kappa shape index (κ2) is 8.66. The van der Waals surface area contributed by atoms with Crippen LogP contribution >= 0.6 is 0 Å². The summed E-state index contributed by atoms with van der Waals surface area (Å²) < 4.78 is 2.86. The molecule has 2 aromatic heterocycles. The van der Waals surface area contributed by atoms with E-state index in [2.05, 4.69) is 56.4 Å². The lowest BCUT2D eigenvalue weighted by Gasteiger charge is -2.36. The summed E-state index contributed by atoms with van der Waals surface area (Å²) in [7, 11) is 1.73. The highest BCUT2D eigenvalue weighted by molar-refractivity contribution is 5.77. The van der Waals surface area contributed by atoms with Crippen LogP contribution in [0.25, 0.3) is 11.0 Å². The molecule has 9 nitrogen and oxygen atoms in total. The number of benzene rings is 1. The van der Waals surface area contributed by atoms with E-state index < -0.39 is 0 Å². The Hall–Kier alpha value is -3.20. The number of hydrogen-bond donors (Lipinski definition) is 1. The molecule has 0 aliphatic carbocycles. The summed E-state index contributed by atoms with van der Waals surface area (Å²) in [5, 5.41) is 7.36. The second-order valence-corrected chi connectivity index (χ2v) is 7.70. The van der Waals surface area contributed by atoms with E-state index in [4.69, 9.17) is 0 Å². The van der Waals surface area contributed by atoms with Crippen molar-refractivity contribution in [2.75, 3.05) is 44.2 Å². The third kappa shape index (κ3) is 4.35. The van der Waals surface area contributed by atoms with Crippen LogP contribution in [-0.4, -0.2) is 69.4 Å². The van der Waals surface area contributed by atoms with Crippen molar-refractivity contribution in [1.82, 2.24) is 29.5 Å². The van der Waals surface area contributed by atoms with E-state index >= 15 is 0 Å². The normalized spacial score (nSPS) is 14.9. The van der Waals surface area contributed by atoms with E-state index in [-0.39, 0.29) is 18.0 Å². The molecule has 0 saturated carbocycles. The Bertz CT molecular complexity index is 1100. The van der Waals surface area contributed by atoms with Gasteiger partial charge in [0, 0.05) is 52.0 Å². The Balaban J connectivity index is 1.23. The molecule has 0 radical (unpaired) electrons. The molecule has 9 heteroatoms. The van der Waals surface area contributed by atoms with Gasteiger partial charge in [-0.3, -0.25) is 23.7 Å². The summed E-state index contributed by atoms with van der Waals surface area (Å²) in [6.45, 7) is 7.30. The molecule has 3 heterocycles. The number of carbonyl (C=O) groups is 1. The summed E-state index contributed by atoms with van der Waals surface area (Å²) in [5.74, 6) is -0.194. The summed E-state index contributed by atoms with van der Waals surface area (Å²) in [6.07, 6.45) is 2.88. The molecule has 1 N–H and O–H groups in total. The van der Waals surface area contributed by atoms with Crippen molar-refractivity contribution >= 4 is 22.6 Å². The van der Waals surface area contributed by atoms with Gasteiger partial charge in [0.25, 0.3) is 5.56 Å². The maximum Gasteiger partial charge on any atom is 0.264 e. The molecule has 0 bridgehead atoms. The number of nitrogens with one attached hydrogen (secondary N) is 1. The molecule has 3 aromatic rings. The van der Waals surface area contributed by atoms with Crippen LogP contribution in [0.5, 0.6) is 0 Å². The number of hydrogen-bond acceptors (Lipinski definition) is 6. The number of aryl methyl sites for hydroxylation is 2. The third-order valence-corrected chi connectivity index (χ3v) is 5.52. The van der Waals surface area contributed by atoms with Gasteiger partial charge in [0.2, 0.25) is 5.91 Å². The Morgan fingerprint density at radius 1 is 1.20 bits per heavy atom. The minimum Gasteiger partial charge on any atom is -0.369 e. The van der Waals surface area contributed by atoms with E-state index in [1.807, 2.05) is 0 Å². The third-order valence-electron chi connectivity index (χ3n) is 5.52. The molecule has 1 amide bonds. The molecule has 1 saturated heterocycles. The topological polar surface area (TPSA) is 88.3 Å². The second-order valence-electron chi connectivity index (χ2n) is 7.70. The standard InChI is InChI=1S/C21H27N7O2/c1-16-4-3-5-17(12-16)27-10-8-26(9-11-27)7-6-22-19(29)14-28-15-23-20-18(21(28)30)13-24-25(20)2/h3-5,12-13,15H,6-11,14H2,1-2H3,(H,22,29). The Kier molecular flexibility index (Phi) is 5.80. The molecular formula is C21H27N7O2. The average Bonchev–Trinajstić information content (AvgIpc) is 3.12. The lowest BCUT2D eigenvalue weighted by Crippen LogP contribution is -2.48. The number of piperazine rings is 1. The van der Waals surface area contributed by atoms with Crippen molar-refractivity contribution in [3.05, 3.63) is 52.7 Å². The molecule has 0 atom stereocenters. The predicted molar refractivity (Wildman–Crippen MR) is 116 cm³/mol. The number of nitrogens with zero attached hydrogens (tertiary/aromatic N) is 6. The number of anilines is 1.